The van der Waals surface area contributed by atoms with Crippen molar-refractivity contribution in [3.05, 3.63) is 35.4 Å². The van der Waals surface area contributed by atoms with Crippen LogP contribution in [-0.2, 0) is 0 Å². The van der Waals surface area contributed by atoms with E-state index >= 15 is 0 Å². The van der Waals surface area contributed by atoms with Gasteiger partial charge in [0.15, 0.2) is 0 Å². The van der Waals surface area contributed by atoms with Crippen LogP contribution in [0.2, 0.25) is 0 Å². The molecule has 0 aliphatic carbocycles. The molecule has 0 saturated heterocycles. The maximum atomic E-state index is 13.5. The minimum Gasteiger partial charge on any atom is -0.328 e. The largest absolute Gasteiger partial charge is 0.328 e. The minimum absolute atomic E-state index is 0.0730. The Hall–Kier alpha value is -0.960. The van der Waals surface area contributed by atoms with Crippen molar-refractivity contribution < 1.29 is 8.78 Å². The summed E-state index contributed by atoms with van der Waals surface area (Å²) >= 11 is 0. The van der Waals surface area contributed by atoms with Gasteiger partial charge in [-0.05, 0) is 44.2 Å². The molecule has 1 nitrogen and oxygen atoms in total. The Morgan fingerprint density at radius 1 is 1.19 bits per heavy atom. The molecule has 2 atom stereocenters. The molecule has 0 amide bonds. The standard InChI is InChI=1S/C13H19F2N/c1-3-10(8-7-9(2)16)13-11(14)5-4-6-12(13)15/h4-6,9-10H,3,7-8,16H2,1-2H3. The molecule has 0 aromatic heterocycles. The Morgan fingerprint density at radius 2 is 1.75 bits per heavy atom. The Kier molecular flexibility index (Phi) is 4.87. The molecule has 3 heteroatoms. The van der Waals surface area contributed by atoms with Crippen LogP contribution in [0.5, 0.6) is 0 Å². The smallest absolute Gasteiger partial charge is 0.129 e. The van der Waals surface area contributed by atoms with Gasteiger partial charge in [-0.3, -0.25) is 0 Å². The second-order valence-corrected chi connectivity index (χ2v) is 4.30. The first-order chi connectivity index (χ1) is 7.56. The van der Waals surface area contributed by atoms with Crippen molar-refractivity contribution >= 4 is 0 Å². The lowest BCUT2D eigenvalue weighted by atomic mass is 9.90. The van der Waals surface area contributed by atoms with E-state index in [9.17, 15) is 8.78 Å². The van der Waals surface area contributed by atoms with Gasteiger partial charge < -0.3 is 5.73 Å². The maximum absolute atomic E-state index is 13.5. The van der Waals surface area contributed by atoms with E-state index in [4.69, 9.17) is 5.73 Å². The van der Waals surface area contributed by atoms with Gasteiger partial charge in [-0.1, -0.05) is 13.0 Å². The van der Waals surface area contributed by atoms with Crippen LogP contribution in [0.1, 0.15) is 44.6 Å². The number of rotatable bonds is 5. The summed E-state index contributed by atoms with van der Waals surface area (Å²) in [7, 11) is 0. The molecule has 0 spiro atoms. The summed E-state index contributed by atoms with van der Waals surface area (Å²) in [4.78, 5) is 0. The van der Waals surface area contributed by atoms with Crippen molar-refractivity contribution in [2.45, 2.75) is 45.1 Å². The van der Waals surface area contributed by atoms with Crippen LogP contribution < -0.4 is 5.73 Å². The summed E-state index contributed by atoms with van der Waals surface area (Å²) in [6.07, 6.45) is 2.24. The zero-order valence-electron chi connectivity index (χ0n) is 9.84. The van der Waals surface area contributed by atoms with Crippen LogP contribution in [0.15, 0.2) is 18.2 Å². The lowest BCUT2D eigenvalue weighted by molar-refractivity contribution is 0.474. The average molecular weight is 227 g/mol. The van der Waals surface area contributed by atoms with Crippen LogP contribution >= 0.6 is 0 Å². The van der Waals surface area contributed by atoms with Crippen molar-refractivity contribution in [3.8, 4) is 0 Å². The fourth-order valence-corrected chi connectivity index (χ4v) is 1.92. The third-order valence-corrected chi connectivity index (χ3v) is 2.87. The highest BCUT2D eigenvalue weighted by atomic mass is 19.1. The number of hydrogen-bond donors (Lipinski definition) is 1. The second-order valence-electron chi connectivity index (χ2n) is 4.30. The molecule has 2 unspecified atom stereocenters. The second kappa shape index (κ2) is 5.94. The SMILES string of the molecule is CCC(CCC(C)N)c1c(F)cccc1F. The van der Waals surface area contributed by atoms with Gasteiger partial charge in [-0.25, -0.2) is 8.78 Å². The van der Waals surface area contributed by atoms with Gasteiger partial charge in [0.25, 0.3) is 0 Å². The third-order valence-electron chi connectivity index (χ3n) is 2.87. The Balaban J connectivity index is 2.86. The minimum atomic E-state index is -0.448. The van der Waals surface area contributed by atoms with Gasteiger partial charge in [0.1, 0.15) is 11.6 Å². The normalized spacial score (nSPS) is 14.8. The topological polar surface area (TPSA) is 26.0 Å². The third kappa shape index (κ3) is 3.27. The van der Waals surface area contributed by atoms with Crippen molar-refractivity contribution in [1.29, 1.82) is 0 Å². The van der Waals surface area contributed by atoms with E-state index in [2.05, 4.69) is 0 Å². The van der Waals surface area contributed by atoms with Gasteiger partial charge in [-0.2, -0.15) is 0 Å². The molecule has 0 heterocycles. The summed E-state index contributed by atoms with van der Waals surface area (Å²) in [5, 5.41) is 0. The molecule has 0 fully saturated rings. The molecule has 0 aliphatic heterocycles. The molecule has 1 rings (SSSR count). The molecule has 0 aliphatic rings. The predicted octanol–water partition coefficient (Wildman–Crippen LogP) is 3.59. The molecule has 0 bridgehead atoms. The van der Waals surface area contributed by atoms with Gasteiger partial charge in [0.2, 0.25) is 0 Å². The first-order valence-electron chi connectivity index (χ1n) is 5.75. The van der Waals surface area contributed by atoms with Gasteiger partial charge in [-0.15, -0.1) is 0 Å². The monoisotopic (exact) mass is 227 g/mol. The van der Waals surface area contributed by atoms with E-state index in [1.807, 2.05) is 13.8 Å². The summed E-state index contributed by atoms with van der Waals surface area (Å²) in [5.41, 5.74) is 5.88. The average Bonchev–Trinajstić information content (AvgIpc) is 2.22. The summed E-state index contributed by atoms with van der Waals surface area (Å²) in [6.45, 7) is 3.85. The fraction of sp³-hybridized carbons (Fsp3) is 0.538. The summed E-state index contributed by atoms with van der Waals surface area (Å²) in [5.74, 6) is -0.972. The molecular weight excluding hydrogens is 208 g/mol. The van der Waals surface area contributed by atoms with Gasteiger partial charge in [0.05, 0.1) is 0 Å². The van der Waals surface area contributed by atoms with Crippen molar-refractivity contribution in [2.24, 2.45) is 5.73 Å². The predicted molar refractivity (Wildman–Crippen MR) is 62.3 cm³/mol. The Morgan fingerprint density at radius 3 is 2.19 bits per heavy atom. The highest BCUT2D eigenvalue weighted by Gasteiger charge is 2.18. The highest BCUT2D eigenvalue weighted by Crippen LogP contribution is 2.29. The van der Waals surface area contributed by atoms with Crippen LogP contribution in [-0.4, -0.2) is 6.04 Å². The van der Waals surface area contributed by atoms with E-state index in [1.165, 1.54) is 18.2 Å². The molecule has 90 valence electrons. The van der Waals surface area contributed by atoms with E-state index in [0.29, 0.717) is 0 Å². The fourth-order valence-electron chi connectivity index (χ4n) is 1.92. The van der Waals surface area contributed by atoms with E-state index in [1.54, 1.807) is 0 Å². The van der Waals surface area contributed by atoms with Crippen molar-refractivity contribution in [2.75, 3.05) is 0 Å². The van der Waals surface area contributed by atoms with Crippen molar-refractivity contribution in [3.63, 3.8) is 0 Å². The summed E-state index contributed by atoms with van der Waals surface area (Å²) in [6, 6.07) is 4.09. The number of halogens is 2. The zero-order chi connectivity index (χ0) is 12.1. The lowest BCUT2D eigenvalue weighted by Crippen LogP contribution is -2.16. The van der Waals surface area contributed by atoms with Crippen LogP contribution in [0.3, 0.4) is 0 Å². The lowest BCUT2D eigenvalue weighted by Gasteiger charge is -2.17. The summed E-state index contributed by atoms with van der Waals surface area (Å²) < 4.78 is 27.1. The first-order valence-corrected chi connectivity index (χ1v) is 5.75. The van der Waals surface area contributed by atoms with E-state index < -0.39 is 11.6 Å². The number of benzene rings is 1. The first kappa shape index (κ1) is 13.1. The maximum Gasteiger partial charge on any atom is 0.129 e. The molecule has 0 saturated carbocycles. The molecular formula is C13H19F2N. The number of nitrogens with two attached hydrogens (primary N) is 1. The van der Waals surface area contributed by atoms with Gasteiger partial charge >= 0.3 is 0 Å². The molecule has 2 N–H and O–H groups in total. The molecule has 1 aromatic rings. The van der Waals surface area contributed by atoms with Crippen molar-refractivity contribution in [1.82, 2.24) is 0 Å². The van der Waals surface area contributed by atoms with Gasteiger partial charge in [0, 0.05) is 11.6 Å². The molecule has 0 radical (unpaired) electrons. The number of hydrogen-bond acceptors (Lipinski definition) is 1. The van der Waals surface area contributed by atoms with E-state index in [0.717, 1.165) is 19.3 Å². The van der Waals surface area contributed by atoms with Crippen LogP contribution in [0.25, 0.3) is 0 Å². The Bertz CT molecular complexity index is 316. The highest BCUT2D eigenvalue weighted by molar-refractivity contribution is 5.23. The zero-order valence-corrected chi connectivity index (χ0v) is 9.84. The van der Waals surface area contributed by atoms with Crippen LogP contribution in [0.4, 0.5) is 8.78 Å². The molecule has 1 aromatic carbocycles. The quantitative estimate of drug-likeness (QED) is 0.817. The van der Waals surface area contributed by atoms with E-state index in [-0.39, 0.29) is 17.5 Å². The van der Waals surface area contributed by atoms with Crippen LogP contribution in [0, 0.1) is 11.6 Å². The molecule has 16 heavy (non-hydrogen) atoms. The Labute approximate surface area is 95.7 Å².